The minimum Gasteiger partial charge on any atom is -0.356 e. The van der Waals surface area contributed by atoms with Gasteiger partial charge < -0.3 is 10.2 Å². The first-order valence-electron chi connectivity index (χ1n) is 6.00. The molecule has 0 aliphatic rings. The summed E-state index contributed by atoms with van der Waals surface area (Å²) in [5, 5.41) is 3.16. The lowest BCUT2D eigenvalue weighted by molar-refractivity contribution is 0.465. The lowest BCUT2D eigenvalue weighted by atomic mass is 10.3. The van der Waals surface area contributed by atoms with Crippen LogP contribution in [0.1, 0.15) is 26.2 Å². The minimum absolute atomic E-state index is 0.218. The monoisotopic (exact) mass is 263 g/mol. The zero-order chi connectivity index (χ0) is 13.3. The Balaban J connectivity index is 3.91. The van der Waals surface area contributed by atoms with Gasteiger partial charge in [-0.3, -0.25) is 4.99 Å². The average Bonchev–Trinajstić information content (AvgIpc) is 2.24. The number of rotatable bonds is 7. The van der Waals surface area contributed by atoms with Crippen molar-refractivity contribution >= 4 is 15.8 Å². The molecule has 0 radical (unpaired) electrons. The molecule has 0 heterocycles. The highest BCUT2D eigenvalue weighted by atomic mass is 32.2. The molecule has 0 atom stereocenters. The van der Waals surface area contributed by atoms with E-state index < -0.39 is 9.84 Å². The van der Waals surface area contributed by atoms with Crippen LogP contribution in [0.15, 0.2) is 4.99 Å². The van der Waals surface area contributed by atoms with E-state index in [1.807, 2.05) is 7.05 Å². The van der Waals surface area contributed by atoms with E-state index in [9.17, 15) is 8.42 Å². The van der Waals surface area contributed by atoms with Crippen molar-refractivity contribution < 1.29 is 8.42 Å². The molecular formula is C11H25N3O2S. The van der Waals surface area contributed by atoms with Crippen molar-refractivity contribution in [1.29, 1.82) is 0 Å². The van der Waals surface area contributed by atoms with Crippen LogP contribution in [0.25, 0.3) is 0 Å². The summed E-state index contributed by atoms with van der Waals surface area (Å²) < 4.78 is 21.9. The molecule has 5 nitrogen and oxygen atoms in total. The molecule has 17 heavy (non-hydrogen) atoms. The molecule has 0 spiro atoms. The number of hydrogen-bond acceptors (Lipinski definition) is 3. The summed E-state index contributed by atoms with van der Waals surface area (Å²) in [4.78, 5) is 6.22. The summed E-state index contributed by atoms with van der Waals surface area (Å²) >= 11 is 0. The maximum atomic E-state index is 11.0. The molecule has 0 aromatic carbocycles. The highest BCUT2D eigenvalue weighted by Gasteiger charge is 2.05. The Morgan fingerprint density at radius 2 is 2.00 bits per heavy atom. The van der Waals surface area contributed by atoms with Gasteiger partial charge in [0.25, 0.3) is 0 Å². The zero-order valence-corrected chi connectivity index (χ0v) is 12.2. The molecule has 0 aliphatic heterocycles. The van der Waals surface area contributed by atoms with E-state index in [0.29, 0.717) is 13.0 Å². The number of nitrogens with one attached hydrogen (secondary N) is 1. The van der Waals surface area contributed by atoms with Gasteiger partial charge in [0.05, 0.1) is 5.75 Å². The Bertz CT molecular complexity index is 326. The van der Waals surface area contributed by atoms with Gasteiger partial charge in [0, 0.05) is 33.4 Å². The molecule has 0 aromatic heterocycles. The van der Waals surface area contributed by atoms with Crippen LogP contribution in [0.3, 0.4) is 0 Å². The molecule has 0 aliphatic carbocycles. The summed E-state index contributed by atoms with van der Waals surface area (Å²) in [5.74, 6) is 1.04. The van der Waals surface area contributed by atoms with Crippen molar-refractivity contribution in [2.45, 2.75) is 26.2 Å². The summed E-state index contributed by atoms with van der Waals surface area (Å²) in [6.45, 7) is 3.74. The molecule has 0 amide bonds. The number of aliphatic imine (C=N–C) groups is 1. The quantitative estimate of drug-likeness (QED) is 0.418. The van der Waals surface area contributed by atoms with Crippen LogP contribution >= 0.6 is 0 Å². The van der Waals surface area contributed by atoms with Gasteiger partial charge in [-0.25, -0.2) is 8.42 Å². The Morgan fingerprint density at radius 3 is 2.47 bits per heavy atom. The van der Waals surface area contributed by atoms with Crippen molar-refractivity contribution in [2.75, 3.05) is 39.2 Å². The van der Waals surface area contributed by atoms with Crippen LogP contribution in [0.5, 0.6) is 0 Å². The molecule has 0 saturated carbocycles. The predicted octanol–water partition coefficient (Wildman–Crippen LogP) is 0.728. The van der Waals surface area contributed by atoms with E-state index >= 15 is 0 Å². The van der Waals surface area contributed by atoms with Gasteiger partial charge in [-0.2, -0.15) is 0 Å². The average molecular weight is 263 g/mol. The highest BCUT2D eigenvalue weighted by Crippen LogP contribution is 1.93. The Hall–Kier alpha value is -0.780. The first kappa shape index (κ1) is 16.2. The zero-order valence-electron chi connectivity index (χ0n) is 11.4. The topological polar surface area (TPSA) is 61.8 Å². The lowest BCUT2D eigenvalue weighted by Crippen LogP contribution is -2.40. The van der Waals surface area contributed by atoms with E-state index in [1.54, 1.807) is 7.05 Å². The molecule has 1 N–H and O–H groups in total. The summed E-state index contributed by atoms with van der Waals surface area (Å²) in [7, 11) is 0.868. The second-order valence-corrected chi connectivity index (χ2v) is 6.49. The summed E-state index contributed by atoms with van der Waals surface area (Å²) in [5.41, 5.74) is 0. The number of nitrogens with zero attached hydrogens (tertiary/aromatic N) is 2. The van der Waals surface area contributed by atoms with Crippen molar-refractivity contribution in [1.82, 2.24) is 10.2 Å². The molecule has 6 heteroatoms. The van der Waals surface area contributed by atoms with Gasteiger partial charge in [0.2, 0.25) is 0 Å². The summed E-state index contributed by atoms with van der Waals surface area (Å²) in [6.07, 6.45) is 4.14. The molecule has 0 fully saturated rings. The number of sulfone groups is 1. The predicted molar refractivity (Wildman–Crippen MR) is 73.2 cm³/mol. The van der Waals surface area contributed by atoms with Crippen molar-refractivity contribution in [2.24, 2.45) is 4.99 Å². The molecular weight excluding hydrogens is 238 g/mol. The fourth-order valence-electron chi connectivity index (χ4n) is 1.42. The van der Waals surface area contributed by atoms with Crippen molar-refractivity contribution in [3.8, 4) is 0 Å². The number of guanidine groups is 1. The third kappa shape index (κ3) is 8.97. The van der Waals surface area contributed by atoms with Crippen LogP contribution in [-0.4, -0.2) is 58.5 Å². The summed E-state index contributed by atoms with van der Waals surface area (Å²) in [6, 6.07) is 0. The van der Waals surface area contributed by atoms with E-state index in [1.165, 1.54) is 6.26 Å². The maximum Gasteiger partial charge on any atom is 0.193 e. The van der Waals surface area contributed by atoms with Gasteiger partial charge in [0.1, 0.15) is 9.84 Å². The minimum atomic E-state index is -2.86. The van der Waals surface area contributed by atoms with Crippen LogP contribution in [0.4, 0.5) is 0 Å². The first-order chi connectivity index (χ1) is 7.90. The van der Waals surface area contributed by atoms with E-state index in [4.69, 9.17) is 0 Å². The van der Waals surface area contributed by atoms with Crippen LogP contribution in [-0.2, 0) is 9.84 Å². The van der Waals surface area contributed by atoms with Gasteiger partial charge >= 0.3 is 0 Å². The van der Waals surface area contributed by atoms with Gasteiger partial charge in [0.15, 0.2) is 5.96 Å². The fourth-order valence-corrected chi connectivity index (χ4v) is 2.09. The van der Waals surface area contributed by atoms with E-state index in [2.05, 4.69) is 22.1 Å². The van der Waals surface area contributed by atoms with Crippen LogP contribution < -0.4 is 5.32 Å². The molecule has 102 valence electrons. The number of unbranched alkanes of at least 4 members (excludes halogenated alkanes) is 1. The van der Waals surface area contributed by atoms with Gasteiger partial charge in [-0.1, -0.05) is 13.3 Å². The first-order valence-corrected chi connectivity index (χ1v) is 8.06. The third-order valence-corrected chi connectivity index (χ3v) is 3.43. The molecule has 0 bridgehead atoms. The third-order valence-electron chi connectivity index (χ3n) is 2.40. The largest absolute Gasteiger partial charge is 0.356 e. The Labute approximate surface area is 105 Å². The molecule has 0 aromatic rings. The normalized spacial score (nSPS) is 12.6. The smallest absolute Gasteiger partial charge is 0.193 e. The van der Waals surface area contributed by atoms with Crippen LogP contribution in [0, 0.1) is 0 Å². The van der Waals surface area contributed by atoms with E-state index in [0.717, 1.165) is 25.3 Å². The second kappa shape index (κ2) is 8.33. The maximum absolute atomic E-state index is 11.0. The molecule has 0 saturated heterocycles. The Morgan fingerprint density at radius 1 is 1.35 bits per heavy atom. The van der Waals surface area contributed by atoms with Crippen molar-refractivity contribution in [3.63, 3.8) is 0 Å². The van der Waals surface area contributed by atoms with Crippen LogP contribution in [0.2, 0.25) is 0 Å². The fraction of sp³-hybridized carbons (Fsp3) is 0.909. The SMILES string of the molecule is CCCCN(C)C(=NC)NCCCS(C)(=O)=O. The Kier molecular flexibility index (Phi) is 7.95. The lowest BCUT2D eigenvalue weighted by Gasteiger charge is -2.21. The van der Waals surface area contributed by atoms with E-state index in [-0.39, 0.29) is 5.75 Å². The molecule has 0 unspecified atom stereocenters. The molecule has 0 rings (SSSR count). The van der Waals surface area contributed by atoms with Gasteiger partial charge in [-0.05, 0) is 12.8 Å². The second-order valence-electron chi connectivity index (χ2n) is 4.23. The highest BCUT2D eigenvalue weighted by molar-refractivity contribution is 7.90. The van der Waals surface area contributed by atoms with Crippen molar-refractivity contribution in [3.05, 3.63) is 0 Å². The standard InChI is InChI=1S/C11H25N3O2S/c1-5-6-9-14(3)11(12-2)13-8-7-10-17(4,15)16/h5-10H2,1-4H3,(H,12,13). The van der Waals surface area contributed by atoms with Gasteiger partial charge in [-0.15, -0.1) is 0 Å². The number of hydrogen-bond donors (Lipinski definition) is 1.